The van der Waals surface area contributed by atoms with Crippen molar-refractivity contribution in [3.05, 3.63) is 35.0 Å². The monoisotopic (exact) mass is 319 g/mol. The van der Waals surface area contributed by atoms with Crippen LogP contribution in [0.3, 0.4) is 0 Å². The smallest absolute Gasteiger partial charge is 0.235 e. The summed E-state index contributed by atoms with van der Waals surface area (Å²) in [6.07, 6.45) is 0. The molecule has 1 aliphatic rings. The lowest BCUT2D eigenvalue weighted by Crippen LogP contribution is -2.12. The summed E-state index contributed by atoms with van der Waals surface area (Å²) in [6.45, 7) is 1.95. The molecule has 0 aliphatic carbocycles. The van der Waals surface area contributed by atoms with Gasteiger partial charge in [0.25, 0.3) is 0 Å². The highest BCUT2D eigenvalue weighted by Crippen LogP contribution is 2.44. The van der Waals surface area contributed by atoms with Crippen molar-refractivity contribution >= 4 is 23.5 Å². The average Bonchev–Trinajstić information content (AvgIpc) is 2.79. The molecule has 0 unspecified atom stereocenters. The van der Waals surface area contributed by atoms with Crippen molar-refractivity contribution in [2.45, 2.75) is 12.2 Å². The van der Waals surface area contributed by atoms with Gasteiger partial charge in [0.1, 0.15) is 11.5 Å². The number of thioether (sulfide) groups is 1. The van der Waals surface area contributed by atoms with E-state index in [4.69, 9.17) is 9.47 Å². The van der Waals surface area contributed by atoms with E-state index >= 15 is 0 Å². The average molecular weight is 319 g/mol. The summed E-state index contributed by atoms with van der Waals surface area (Å²) in [7, 11) is 3.25. The summed E-state index contributed by atoms with van der Waals surface area (Å²) >= 11 is 1.56. The number of benzene rings is 1. The van der Waals surface area contributed by atoms with E-state index < -0.39 is 0 Å². The van der Waals surface area contributed by atoms with Crippen molar-refractivity contribution in [1.29, 1.82) is 0 Å². The molecular weight excluding hydrogens is 302 g/mol. The number of aryl methyl sites for hydroxylation is 1. The Bertz CT molecular complexity index is 692. The van der Waals surface area contributed by atoms with Gasteiger partial charge in [-0.05, 0) is 24.6 Å². The molecule has 3 rings (SSSR count). The Morgan fingerprint density at radius 2 is 1.91 bits per heavy atom. The lowest BCUT2D eigenvalue weighted by molar-refractivity contribution is -0.113. The van der Waals surface area contributed by atoms with Crippen LogP contribution in [0, 0.1) is 6.92 Å². The van der Waals surface area contributed by atoms with Gasteiger partial charge in [0.2, 0.25) is 5.91 Å². The third kappa shape index (κ3) is 2.64. The standard InChI is InChI=1S/C15H17N3O3S/c1-8-13-14(22-7-12(19)16-15(13)18-17-8)9-4-10(20-2)6-11(5-9)21-3/h4-6,14H,7H2,1-3H3,(H2,16,17,18,19)/t14-/m0/s1. The molecular formula is C15H17N3O3S. The fourth-order valence-corrected chi connectivity index (χ4v) is 3.68. The first kappa shape index (κ1) is 14.8. The van der Waals surface area contributed by atoms with Gasteiger partial charge in [0, 0.05) is 17.3 Å². The van der Waals surface area contributed by atoms with E-state index in [-0.39, 0.29) is 11.2 Å². The summed E-state index contributed by atoms with van der Waals surface area (Å²) in [6, 6.07) is 5.76. The first-order valence-electron chi connectivity index (χ1n) is 6.81. The van der Waals surface area contributed by atoms with Crippen molar-refractivity contribution in [2.24, 2.45) is 0 Å². The number of nitrogens with zero attached hydrogens (tertiary/aromatic N) is 1. The predicted molar refractivity (Wildman–Crippen MR) is 85.8 cm³/mol. The highest BCUT2D eigenvalue weighted by Gasteiger charge is 2.28. The van der Waals surface area contributed by atoms with Crippen LogP contribution < -0.4 is 14.8 Å². The molecule has 2 aromatic rings. The number of aromatic amines is 1. The third-order valence-corrected chi connectivity index (χ3v) is 4.84. The minimum absolute atomic E-state index is 0.0169. The molecule has 1 aliphatic heterocycles. The number of hydrogen-bond donors (Lipinski definition) is 2. The molecule has 6 nitrogen and oxygen atoms in total. The lowest BCUT2D eigenvalue weighted by Gasteiger charge is -2.17. The molecule has 2 heterocycles. The van der Waals surface area contributed by atoms with E-state index in [1.54, 1.807) is 26.0 Å². The van der Waals surface area contributed by atoms with Gasteiger partial charge in [-0.15, -0.1) is 11.8 Å². The number of fused-ring (bicyclic) bond motifs is 1. The summed E-state index contributed by atoms with van der Waals surface area (Å²) < 4.78 is 10.7. The molecule has 7 heteroatoms. The van der Waals surface area contributed by atoms with Crippen molar-refractivity contribution in [2.75, 3.05) is 25.3 Å². The predicted octanol–water partition coefficient (Wildman–Crippen LogP) is 2.51. The molecule has 0 fully saturated rings. The molecule has 0 radical (unpaired) electrons. The Kier molecular flexibility index (Phi) is 3.98. The minimum atomic E-state index is -0.0462. The molecule has 1 aromatic heterocycles. The number of H-pyrrole nitrogens is 1. The zero-order valence-corrected chi connectivity index (χ0v) is 13.4. The zero-order chi connectivity index (χ0) is 15.7. The highest BCUT2D eigenvalue weighted by atomic mass is 32.2. The van der Waals surface area contributed by atoms with Gasteiger partial charge in [-0.25, -0.2) is 0 Å². The maximum Gasteiger partial charge on any atom is 0.235 e. The van der Waals surface area contributed by atoms with Crippen LogP contribution in [0.2, 0.25) is 0 Å². The van der Waals surface area contributed by atoms with Crippen LogP contribution in [0.1, 0.15) is 22.1 Å². The normalized spacial score (nSPS) is 17.4. The van der Waals surface area contributed by atoms with E-state index in [0.29, 0.717) is 11.6 Å². The van der Waals surface area contributed by atoms with Crippen LogP contribution in [-0.4, -0.2) is 36.1 Å². The summed E-state index contributed by atoms with van der Waals surface area (Å²) in [5.74, 6) is 2.37. The molecule has 0 spiro atoms. The van der Waals surface area contributed by atoms with Crippen molar-refractivity contribution in [3.8, 4) is 11.5 Å². The Labute approximate surface area is 132 Å². The Balaban J connectivity index is 2.11. The number of aromatic nitrogens is 2. The highest BCUT2D eigenvalue weighted by molar-refractivity contribution is 8.00. The second kappa shape index (κ2) is 5.92. The molecule has 0 saturated carbocycles. The first-order valence-corrected chi connectivity index (χ1v) is 7.86. The van der Waals surface area contributed by atoms with Crippen LogP contribution in [0.15, 0.2) is 18.2 Å². The molecule has 116 valence electrons. The minimum Gasteiger partial charge on any atom is -0.497 e. The molecule has 0 saturated heterocycles. The number of ether oxygens (including phenoxy) is 2. The number of anilines is 1. The molecule has 1 aromatic carbocycles. The quantitative estimate of drug-likeness (QED) is 0.909. The molecule has 0 bridgehead atoms. The summed E-state index contributed by atoms with van der Waals surface area (Å²) in [4.78, 5) is 11.8. The van der Waals surface area contributed by atoms with E-state index in [9.17, 15) is 4.79 Å². The van der Waals surface area contributed by atoms with Crippen LogP contribution in [-0.2, 0) is 4.79 Å². The number of methoxy groups -OCH3 is 2. The van der Waals surface area contributed by atoms with Gasteiger partial charge in [-0.1, -0.05) is 0 Å². The van der Waals surface area contributed by atoms with E-state index in [1.807, 2.05) is 25.1 Å². The van der Waals surface area contributed by atoms with Crippen LogP contribution in [0.5, 0.6) is 11.5 Å². The Morgan fingerprint density at radius 3 is 2.55 bits per heavy atom. The fourth-order valence-electron chi connectivity index (χ4n) is 2.51. The van der Waals surface area contributed by atoms with Crippen molar-refractivity contribution in [1.82, 2.24) is 10.2 Å². The van der Waals surface area contributed by atoms with Gasteiger partial charge in [-0.3, -0.25) is 9.89 Å². The van der Waals surface area contributed by atoms with Crippen molar-refractivity contribution in [3.63, 3.8) is 0 Å². The Morgan fingerprint density at radius 1 is 1.23 bits per heavy atom. The van der Waals surface area contributed by atoms with Gasteiger partial charge < -0.3 is 14.8 Å². The SMILES string of the molecule is COc1cc(OC)cc([C@@H]2SCC(=O)Nc3n[nH]c(C)c32)c1. The van der Waals surface area contributed by atoms with E-state index in [1.165, 1.54) is 0 Å². The van der Waals surface area contributed by atoms with E-state index in [0.717, 1.165) is 28.3 Å². The van der Waals surface area contributed by atoms with Crippen LogP contribution in [0.4, 0.5) is 5.82 Å². The largest absolute Gasteiger partial charge is 0.497 e. The number of rotatable bonds is 3. The second-order valence-electron chi connectivity index (χ2n) is 5.00. The molecule has 1 atom stereocenters. The third-order valence-electron chi connectivity index (χ3n) is 3.57. The Hall–Kier alpha value is -2.15. The lowest BCUT2D eigenvalue weighted by atomic mass is 10.0. The fraction of sp³-hybridized carbons (Fsp3) is 0.333. The van der Waals surface area contributed by atoms with Gasteiger partial charge in [0.15, 0.2) is 5.82 Å². The number of carbonyl (C=O) groups is 1. The topological polar surface area (TPSA) is 76.2 Å². The first-order chi connectivity index (χ1) is 10.6. The molecule has 1 amide bonds. The van der Waals surface area contributed by atoms with E-state index in [2.05, 4.69) is 15.5 Å². The summed E-state index contributed by atoms with van der Waals surface area (Å²) in [5.41, 5.74) is 2.95. The van der Waals surface area contributed by atoms with Gasteiger partial charge >= 0.3 is 0 Å². The molecule has 2 N–H and O–H groups in total. The maximum absolute atomic E-state index is 11.8. The van der Waals surface area contributed by atoms with Crippen LogP contribution >= 0.6 is 11.8 Å². The second-order valence-corrected chi connectivity index (χ2v) is 6.09. The summed E-state index contributed by atoms with van der Waals surface area (Å²) in [5, 5.41) is 9.96. The molecule has 22 heavy (non-hydrogen) atoms. The number of hydrogen-bond acceptors (Lipinski definition) is 5. The number of nitrogens with one attached hydrogen (secondary N) is 2. The van der Waals surface area contributed by atoms with Crippen molar-refractivity contribution < 1.29 is 14.3 Å². The number of amides is 1. The van der Waals surface area contributed by atoms with Gasteiger partial charge in [-0.2, -0.15) is 5.10 Å². The van der Waals surface area contributed by atoms with Gasteiger partial charge in [0.05, 0.1) is 25.2 Å². The van der Waals surface area contributed by atoms with Crippen LogP contribution in [0.25, 0.3) is 0 Å². The maximum atomic E-state index is 11.8. The zero-order valence-electron chi connectivity index (χ0n) is 12.6. The number of carbonyl (C=O) groups excluding carboxylic acids is 1.